The molecular formula is C24H25FN6O2S. The minimum atomic E-state index is -0.827. The molecule has 1 aliphatic rings. The molecule has 176 valence electrons. The van der Waals surface area contributed by atoms with Crippen LogP contribution < -0.4 is 10.2 Å². The van der Waals surface area contributed by atoms with Gasteiger partial charge in [0.25, 0.3) is 0 Å². The van der Waals surface area contributed by atoms with Crippen molar-refractivity contribution in [1.82, 2.24) is 19.9 Å². The lowest BCUT2D eigenvalue weighted by atomic mass is 10.0. The third kappa shape index (κ3) is 4.26. The van der Waals surface area contributed by atoms with E-state index in [-0.39, 0.29) is 18.4 Å². The zero-order valence-corrected chi connectivity index (χ0v) is 19.8. The highest BCUT2D eigenvalue weighted by Gasteiger charge is 2.25. The smallest absolute Gasteiger partial charge is 0.317 e. The lowest BCUT2D eigenvalue weighted by molar-refractivity contribution is -0.138. The molecule has 4 aromatic rings. The van der Waals surface area contributed by atoms with Gasteiger partial charge in [-0.25, -0.2) is 19.3 Å². The number of aryl methyl sites for hydroxylation is 1. The maximum Gasteiger partial charge on any atom is 0.317 e. The number of pyridine rings is 1. The number of aliphatic carboxylic acids is 1. The Labute approximate surface area is 200 Å². The number of benzene rings is 1. The van der Waals surface area contributed by atoms with E-state index in [1.807, 2.05) is 16.3 Å². The van der Waals surface area contributed by atoms with Crippen LogP contribution in [0.3, 0.4) is 0 Å². The Balaban J connectivity index is 1.52. The van der Waals surface area contributed by atoms with E-state index in [2.05, 4.69) is 33.2 Å². The van der Waals surface area contributed by atoms with E-state index in [1.54, 1.807) is 30.7 Å². The molecule has 34 heavy (non-hydrogen) atoms. The standard InChI is InChI=1S/C24H25FN6O2S/c1-14-19(25)4-3-16-11-18(15(2)28-22-17-5-10-34-24(17)27-13-26-22)23(29-21(14)16)31-8-6-30(7-9-31)12-20(32)33/h3-5,10-11,13,15H,6-9,12H2,1-2H3,(H,32,33)(H,26,27,28)/t15-/m0/s1. The van der Waals surface area contributed by atoms with Gasteiger partial charge in [0, 0.05) is 42.7 Å². The van der Waals surface area contributed by atoms with Crippen molar-refractivity contribution in [2.75, 3.05) is 42.9 Å². The number of hydrogen-bond acceptors (Lipinski definition) is 8. The van der Waals surface area contributed by atoms with Gasteiger partial charge in [-0.15, -0.1) is 11.3 Å². The van der Waals surface area contributed by atoms with Crippen molar-refractivity contribution in [3.05, 3.63) is 52.9 Å². The molecule has 3 aromatic heterocycles. The van der Waals surface area contributed by atoms with Gasteiger partial charge in [0.15, 0.2) is 0 Å². The van der Waals surface area contributed by atoms with Crippen LogP contribution in [0.5, 0.6) is 0 Å². The number of carboxylic acid groups (broad SMARTS) is 1. The zero-order valence-electron chi connectivity index (χ0n) is 19.0. The molecule has 1 atom stereocenters. The summed E-state index contributed by atoms with van der Waals surface area (Å²) in [6.45, 7) is 6.36. The SMILES string of the molecule is Cc1c(F)ccc2cc([C@H](C)Nc3ncnc4sccc34)c(N3CCN(CC(=O)O)CC3)nc12. The topological polar surface area (TPSA) is 94.5 Å². The quantitative estimate of drug-likeness (QED) is 0.427. The zero-order chi connectivity index (χ0) is 23.8. The van der Waals surface area contributed by atoms with Crippen LogP contribution in [0.25, 0.3) is 21.1 Å². The van der Waals surface area contributed by atoms with Crippen LogP contribution in [0.1, 0.15) is 24.1 Å². The summed E-state index contributed by atoms with van der Waals surface area (Å²) in [5.41, 5.74) is 2.14. The lowest BCUT2D eigenvalue weighted by Crippen LogP contribution is -2.48. The first-order valence-corrected chi connectivity index (χ1v) is 12.0. The maximum atomic E-state index is 14.3. The molecule has 5 rings (SSSR count). The first-order valence-electron chi connectivity index (χ1n) is 11.1. The number of rotatable bonds is 6. The predicted octanol–water partition coefficient (Wildman–Crippen LogP) is 4.07. The summed E-state index contributed by atoms with van der Waals surface area (Å²) in [4.78, 5) is 29.8. The van der Waals surface area contributed by atoms with Crippen molar-refractivity contribution in [2.45, 2.75) is 19.9 Å². The Morgan fingerprint density at radius 2 is 2.03 bits per heavy atom. The molecule has 1 aromatic carbocycles. The summed E-state index contributed by atoms with van der Waals surface area (Å²) in [7, 11) is 0. The maximum absolute atomic E-state index is 14.3. The molecule has 0 radical (unpaired) electrons. The Morgan fingerprint density at radius 3 is 2.79 bits per heavy atom. The van der Waals surface area contributed by atoms with Crippen molar-refractivity contribution in [3.8, 4) is 0 Å². The minimum absolute atomic E-state index is 0.0263. The van der Waals surface area contributed by atoms with E-state index in [0.717, 1.165) is 32.8 Å². The van der Waals surface area contributed by atoms with Gasteiger partial charge < -0.3 is 15.3 Å². The first-order chi connectivity index (χ1) is 16.4. The van der Waals surface area contributed by atoms with Gasteiger partial charge in [0.05, 0.1) is 23.5 Å². The summed E-state index contributed by atoms with van der Waals surface area (Å²) in [5, 5.41) is 16.5. The molecule has 1 saturated heterocycles. The van der Waals surface area contributed by atoms with Crippen molar-refractivity contribution in [2.24, 2.45) is 0 Å². The van der Waals surface area contributed by atoms with Crippen LogP contribution in [-0.2, 0) is 4.79 Å². The molecule has 1 aliphatic heterocycles. The molecule has 0 amide bonds. The van der Waals surface area contributed by atoms with Crippen LogP contribution in [0.4, 0.5) is 16.0 Å². The number of nitrogens with zero attached hydrogens (tertiary/aromatic N) is 5. The van der Waals surface area contributed by atoms with Crippen LogP contribution in [0, 0.1) is 12.7 Å². The third-order valence-corrected chi connectivity index (χ3v) is 7.12. The molecule has 0 aliphatic carbocycles. The monoisotopic (exact) mass is 480 g/mol. The van der Waals surface area contributed by atoms with Gasteiger partial charge >= 0.3 is 5.97 Å². The van der Waals surface area contributed by atoms with Crippen LogP contribution in [0.15, 0.2) is 36.0 Å². The molecule has 0 spiro atoms. The number of fused-ring (bicyclic) bond motifs is 2. The van der Waals surface area contributed by atoms with Crippen LogP contribution in [-0.4, -0.2) is 63.7 Å². The summed E-state index contributed by atoms with van der Waals surface area (Å²) in [5.74, 6) is 0.432. The number of aromatic nitrogens is 3. The second kappa shape index (κ2) is 9.11. The Kier molecular flexibility index (Phi) is 6.01. The number of anilines is 2. The van der Waals surface area contributed by atoms with Crippen LogP contribution >= 0.6 is 11.3 Å². The minimum Gasteiger partial charge on any atom is -0.480 e. The third-order valence-electron chi connectivity index (χ3n) is 6.30. The fraction of sp³-hybridized carbons (Fsp3) is 0.333. The summed E-state index contributed by atoms with van der Waals surface area (Å²) >= 11 is 1.57. The highest BCUT2D eigenvalue weighted by atomic mass is 32.1. The Morgan fingerprint density at radius 1 is 1.24 bits per heavy atom. The van der Waals surface area contributed by atoms with Gasteiger partial charge in [0.2, 0.25) is 0 Å². The Hall–Kier alpha value is -3.37. The van der Waals surface area contributed by atoms with Crippen molar-refractivity contribution in [1.29, 1.82) is 0 Å². The van der Waals surface area contributed by atoms with E-state index in [4.69, 9.17) is 10.1 Å². The number of halogens is 1. The normalized spacial score (nSPS) is 15.7. The summed E-state index contributed by atoms with van der Waals surface area (Å²) < 4.78 is 14.3. The average Bonchev–Trinajstić information content (AvgIpc) is 3.31. The lowest BCUT2D eigenvalue weighted by Gasteiger charge is -2.36. The van der Waals surface area contributed by atoms with E-state index in [0.29, 0.717) is 37.3 Å². The number of hydrogen-bond donors (Lipinski definition) is 2. The number of thiophene rings is 1. The van der Waals surface area contributed by atoms with Gasteiger partial charge in [-0.2, -0.15) is 0 Å². The molecule has 1 fully saturated rings. The van der Waals surface area contributed by atoms with Crippen molar-refractivity contribution >= 4 is 50.1 Å². The van der Waals surface area contributed by atoms with E-state index in [1.165, 1.54) is 6.07 Å². The molecule has 0 unspecified atom stereocenters. The second-order valence-electron chi connectivity index (χ2n) is 8.53. The molecule has 10 heteroatoms. The fourth-order valence-electron chi connectivity index (χ4n) is 4.43. The molecule has 8 nitrogen and oxygen atoms in total. The molecule has 2 N–H and O–H groups in total. The summed E-state index contributed by atoms with van der Waals surface area (Å²) in [6.07, 6.45) is 1.56. The van der Waals surface area contributed by atoms with Crippen molar-refractivity contribution < 1.29 is 14.3 Å². The Bertz CT molecular complexity index is 1370. The van der Waals surface area contributed by atoms with Gasteiger partial charge in [-0.1, -0.05) is 0 Å². The van der Waals surface area contributed by atoms with Gasteiger partial charge in [-0.05, 0) is 43.5 Å². The van der Waals surface area contributed by atoms with E-state index >= 15 is 0 Å². The first kappa shape index (κ1) is 22.4. The molecule has 0 saturated carbocycles. The van der Waals surface area contributed by atoms with Gasteiger partial charge in [-0.3, -0.25) is 9.69 Å². The highest BCUT2D eigenvalue weighted by molar-refractivity contribution is 7.16. The second-order valence-corrected chi connectivity index (χ2v) is 9.42. The predicted molar refractivity (Wildman–Crippen MR) is 132 cm³/mol. The average molecular weight is 481 g/mol. The number of nitrogens with one attached hydrogen (secondary N) is 1. The molecular weight excluding hydrogens is 455 g/mol. The van der Waals surface area contributed by atoms with E-state index in [9.17, 15) is 9.18 Å². The van der Waals surface area contributed by atoms with Crippen LogP contribution in [0.2, 0.25) is 0 Å². The molecule has 4 heterocycles. The number of carboxylic acids is 1. The fourth-order valence-corrected chi connectivity index (χ4v) is 5.17. The van der Waals surface area contributed by atoms with Gasteiger partial charge in [0.1, 0.15) is 28.6 Å². The number of carbonyl (C=O) groups is 1. The van der Waals surface area contributed by atoms with E-state index < -0.39 is 5.97 Å². The summed E-state index contributed by atoms with van der Waals surface area (Å²) in [6, 6.07) is 7.18. The molecule has 0 bridgehead atoms. The van der Waals surface area contributed by atoms with Crippen molar-refractivity contribution in [3.63, 3.8) is 0 Å². The highest BCUT2D eigenvalue weighted by Crippen LogP contribution is 2.34. The largest absolute Gasteiger partial charge is 0.480 e. The number of piperazine rings is 1.